The summed E-state index contributed by atoms with van der Waals surface area (Å²) in [5.74, 6) is 1.20. The molecule has 0 aliphatic carbocycles. The Labute approximate surface area is 200 Å². The lowest BCUT2D eigenvalue weighted by atomic mass is 9.96. The van der Waals surface area contributed by atoms with Crippen molar-refractivity contribution in [2.24, 2.45) is 11.7 Å². The number of ketones is 1. The van der Waals surface area contributed by atoms with Gasteiger partial charge in [0.25, 0.3) is 0 Å². The molecule has 7 nitrogen and oxygen atoms in total. The normalized spacial score (nSPS) is 14.7. The third-order valence-corrected chi connectivity index (χ3v) is 6.34. The van der Waals surface area contributed by atoms with E-state index in [9.17, 15) is 9.59 Å². The zero-order valence-electron chi connectivity index (χ0n) is 19.0. The average molecular weight is 474 g/mol. The van der Waals surface area contributed by atoms with Gasteiger partial charge < -0.3 is 25.8 Å². The van der Waals surface area contributed by atoms with E-state index in [0.717, 1.165) is 55.8 Å². The van der Waals surface area contributed by atoms with E-state index < -0.39 is 0 Å². The summed E-state index contributed by atoms with van der Waals surface area (Å²) in [5, 5.41) is 0.406. The van der Waals surface area contributed by atoms with Crippen LogP contribution in [0.2, 0.25) is 5.02 Å². The Bertz CT molecular complexity index is 974. The second-order valence-electron chi connectivity index (χ2n) is 8.46. The van der Waals surface area contributed by atoms with Crippen LogP contribution in [0.25, 0.3) is 0 Å². The maximum absolute atomic E-state index is 12.7. The number of benzene rings is 2. The van der Waals surface area contributed by atoms with E-state index in [2.05, 4.69) is 4.90 Å². The van der Waals surface area contributed by atoms with E-state index in [-0.39, 0.29) is 24.0 Å². The van der Waals surface area contributed by atoms with Gasteiger partial charge in [0, 0.05) is 30.4 Å². The van der Waals surface area contributed by atoms with Gasteiger partial charge >= 0.3 is 0 Å². The first-order valence-corrected chi connectivity index (χ1v) is 11.6. The number of nitrogens with zero attached hydrogens (tertiary/aromatic N) is 1. The number of anilines is 1. The molecule has 0 atom stereocenters. The molecular weight excluding hydrogens is 442 g/mol. The predicted octanol–water partition coefficient (Wildman–Crippen LogP) is 3.60. The van der Waals surface area contributed by atoms with Gasteiger partial charge in [-0.2, -0.15) is 0 Å². The number of primary amides is 1. The molecule has 3 rings (SSSR count). The van der Waals surface area contributed by atoms with Crippen molar-refractivity contribution in [2.75, 3.05) is 32.5 Å². The number of rotatable bonds is 11. The van der Waals surface area contributed by atoms with Crippen LogP contribution in [0.5, 0.6) is 11.5 Å². The first-order chi connectivity index (χ1) is 15.9. The van der Waals surface area contributed by atoms with Crippen molar-refractivity contribution in [2.45, 2.75) is 38.7 Å². The Balaban J connectivity index is 1.53. The molecule has 2 aromatic carbocycles. The van der Waals surface area contributed by atoms with Crippen molar-refractivity contribution in [1.29, 1.82) is 0 Å². The molecule has 1 amide bonds. The predicted molar refractivity (Wildman–Crippen MR) is 129 cm³/mol. The van der Waals surface area contributed by atoms with Gasteiger partial charge in [-0.3, -0.25) is 9.59 Å². The van der Waals surface area contributed by atoms with E-state index in [4.69, 9.17) is 32.5 Å². The number of nitrogen functional groups attached to an aromatic ring is 1. The summed E-state index contributed by atoms with van der Waals surface area (Å²) in [6, 6.07) is 11.0. The minimum atomic E-state index is -0.212. The highest BCUT2D eigenvalue weighted by Gasteiger charge is 2.22. The number of hydrogen-bond donors (Lipinski definition) is 2. The molecule has 4 N–H and O–H groups in total. The SMILES string of the molecule is COc1cccc(COc2cc(N)c(Cl)cc2CC(=O)CCCN2CCC(C(N)=O)CC2)c1. The molecule has 0 bridgehead atoms. The van der Waals surface area contributed by atoms with Crippen LogP contribution in [0.3, 0.4) is 0 Å². The van der Waals surface area contributed by atoms with Crippen molar-refractivity contribution in [3.05, 3.63) is 52.5 Å². The highest BCUT2D eigenvalue weighted by molar-refractivity contribution is 6.33. The van der Waals surface area contributed by atoms with Crippen molar-refractivity contribution in [1.82, 2.24) is 4.90 Å². The maximum Gasteiger partial charge on any atom is 0.220 e. The van der Waals surface area contributed by atoms with Gasteiger partial charge in [0.05, 0.1) is 17.8 Å². The van der Waals surface area contributed by atoms with Gasteiger partial charge in [0.1, 0.15) is 23.9 Å². The molecule has 0 spiro atoms. The molecular formula is C25H32ClN3O4. The molecule has 0 unspecified atom stereocenters. The third kappa shape index (κ3) is 7.37. The zero-order valence-corrected chi connectivity index (χ0v) is 19.8. The second kappa shape index (κ2) is 11.9. The standard InChI is InChI=1S/C25H32ClN3O4/c1-32-21-6-2-4-17(12-21)16-33-24-15-23(27)22(26)14-19(24)13-20(30)5-3-9-29-10-7-18(8-11-29)25(28)31/h2,4,6,12,14-15,18H,3,5,7-11,13,16,27H2,1H3,(H2,28,31). The molecule has 0 saturated carbocycles. The molecule has 8 heteroatoms. The fourth-order valence-corrected chi connectivity index (χ4v) is 4.23. The molecule has 33 heavy (non-hydrogen) atoms. The molecule has 0 aromatic heterocycles. The molecule has 1 saturated heterocycles. The summed E-state index contributed by atoms with van der Waals surface area (Å²) in [4.78, 5) is 26.3. The zero-order chi connectivity index (χ0) is 23.8. The van der Waals surface area contributed by atoms with Gasteiger partial charge in [-0.05, 0) is 62.7 Å². The van der Waals surface area contributed by atoms with Crippen molar-refractivity contribution in [3.8, 4) is 11.5 Å². The van der Waals surface area contributed by atoms with Crippen LogP contribution in [-0.2, 0) is 22.6 Å². The van der Waals surface area contributed by atoms with Crippen LogP contribution >= 0.6 is 11.6 Å². The van der Waals surface area contributed by atoms with Crippen molar-refractivity contribution < 1.29 is 19.1 Å². The summed E-state index contributed by atoms with van der Waals surface area (Å²) >= 11 is 6.22. The lowest BCUT2D eigenvalue weighted by molar-refractivity contribution is -0.123. The summed E-state index contributed by atoms with van der Waals surface area (Å²) in [5.41, 5.74) is 13.4. The maximum atomic E-state index is 12.7. The molecule has 1 fully saturated rings. The Morgan fingerprint density at radius 1 is 1.18 bits per heavy atom. The number of hydrogen-bond acceptors (Lipinski definition) is 6. The highest BCUT2D eigenvalue weighted by Crippen LogP contribution is 2.30. The molecule has 1 aliphatic rings. The Morgan fingerprint density at radius 2 is 1.94 bits per heavy atom. The van der Waals surface area contributed by atoms with Crippen LogP contribution in [0.4, 0.5) is 5.69 Å². The fourth-order valence-electron chi connectivity index (χ4n) is 4.05. The number of methoxy groups -OCH3 is 1. The van der Waals surface area contributed by atoms with E-state index >= 15 is 0 Å². The largest absolute Gasteiger partial charge is 0.497 e. The summed E-state index contributed by atoms with van der Waals surface area (Å²) in [6.07, 6.45) is 3.05. The highest BCUT2D eigenvalue weighted by atomic mass is 35.5. The molecule has 2 aromatic rings. The van der Waals surface area contributed by atoms with Gasteiger partial charge in [-0.25, -0.2) is 0 Å². The first kappa shape index (κ1) is 24.9. The van der Waals surface area contributed by atoms with E-state index in [0.29, 0.717) is 29.5 Å². The number of nitrogens with two attached hydrogens (primary N) is 2. The topological polar surface area (TPSA) is 108 Å². The molecule has 178 valence electrons. The summed E-state index contributed by atoms with van der Waals surface area (Å²) in [6.45, 7) is 2.84. The number of ether oxygens (including phenoxy) is 2. The van der Waals surface area contributed by atoms with Gasteiger partial charge in [-0.15, -0.1) is 0 Å². The van der Waals surface area contributed by atoms with E-state index in [1.54, 1.807) is 19.2 Å². The Morgan fingerprint density at radius 3 is 2.64 bits per heavy atom. The summed E-state index contributed by atoms with van der Waals surface area (Å²) < 4.78 is 11.2. The number of carbonyl (C=O) groups is 2. The van der Waals surface area contributed by atoms with E-state index in [1.807, 2.05) is 24.3 Å². The Kier molecular flexibility index (Phi) is 8.97. The van der Waals surface area contributed by atoms with Gasteiger partial charge in [0.15, 0.2) is 0 Å². The van der Waals surface area contributed by atoms with Crippen LogP contribution in [-0.4, -0.2) is 43.3 Å². The van der Waals surface area contributed by atoms with Gasteiger partial charge in [-0.1, -0.05) is 23.7 Å². The number of halogens is 1. The van der Waals surface area contributed by atoms with Crippen molar-refractivity contribution >= 4 is 29.0 Å². The monoisotopic (exact) mass is 473 g/mol. The third-order valence-electron chi connectivity index (χ3n) is 6.02. The minimum Gasteiger partial charge on any atom is -0.497 e. The number of piperidine rings is 1. The number of Topliss-reactive ketones (excluding diaryl/α,β-unsaturated/α-hetero) is 1. The first-order valence-electron chi connectivity index (χ1n) is 11.2. The number of carbonyl (C=O) groups excluding carboxylic acids is 2. The Hall–Kier alpha value is -2.77. The van der Waals surface area contributed by atoms with Crippen LogP contribution in [0.15, 0.2) is 36.4 Å². The minimum absolute atomic E-state index is 0.0199. The van der Waals surface area contributed by atoms with Crippen LogP contribution in [0.1, 0.15) is 36.8 Å². The number of amides is 1. The van der Waals surface area contributed by atoms with E-state index in [1.165, 1.54) is 0 Å². The second-order valence-corrected chi connectivity index (χ2v) is 8.87. The fraction of sp³-hybridized carbons (Fsp3) is 0.440. The molecule has 1 heterocycles. The number of likely N-dealkylation sites (tertiary alicyclic amines) is 1. The lowest BCUT2D eigenvalue weighted by Gasteiger charge is -2.30. The quantitative estimate of drug-likeness (QED) is 0.483. The van der Waals surface area contributed by atoms with Crippen LogP contribution < -0.4 is 20.9 Å². The smallest absolute Gasteiger partial charge is 0.220 e. The van der Waals surface area contributed by atoms with Gasteiger partial charge in [0.2, 0.25) is 5.91 Å². The van der Waals surface area contributed by atoms with Crippen LogP contribution in [0, 0.1) is 5.92 Å². The molecule has 0 radical (unpaired) electrons. The summed E-state index contributed by atoms with van der Waals surface area (Å²) in [7, 11) is 1.62. The molecule has 1 aliphatic heterocycles. The lowest BCUT2D eigenvalue weighted by Crippen LogP contribution is -2.39. The average Bonchev–Trinajstić information content (AvgIpc) is 2.81. The van der Waals surface area contributed by atoms with Crippen molar-refractivity contribution in [3.63, 3.8) is 0 Å².